The number of anilines is 1. The van der Waals surface area contributed by atoms with Crippen LogP contribution in [0.25, 0.3) is 0 Å². The zero-order chi connectivity index (χ0) is 24.5. The van der Waals surface area contributed by atoms with Crippen LogP contribution in [0.15, 0.2) is 41.6 Å². The maximum Gasteiger partial charge on any atom is 0.411 e. The van der Waals surface area contributed by atoms with Gasteiger partial charge in [-0.15, -0.1) is 0 Å². The van der Waals surface area contributed by atoms with Gasteiger partial charge in [-0.1, -0.05) is 11.6 Å². The highest BCUT2D eigenvalue weighted by atomic mass is 35.5. The normalized spacial score (nSPS) is 14.3. The molecule has 4 heterocycles. The van der Waals surface area contributed by atoms with Crippen LogP contribution in [0.2, 0.25) is 5.02 Å². The van der Waals surface area contributed by atoms with Crippen molar-refractivity contribution in [1.82, 2.24) is 19.9 Å². The first kappa shape index (κ1) is 23.6. The highest BCUT2D eigenvalue weighted by Gasteiger charge is 2.34. The van der Waals surface area contributed by atoms with Crippen LogP contribution in [0.3, 0.4) is 0 Å². The smallest absolute Gasteiger partial charge is 0.411 e. The maximum atomic E-state index is 13.0. The number of hydrogen-bond donors (Lipinski definition) is 1. The molecule has 0 aliphatic carbocycles. The topological polar surface area (TPSA) is 110 Å². The maximum absolute atomic E-state index is 13.0. The number of nitrogens with zero attached hydrogens (tertiary/aromatic N) is 4. The Balaban J connectivity index is 1.48. The van der Waals surface area contributed by atoms with E-state index in [4.69, 9.17) is 16.0 Å². The number of oxazole rings is 1. The third-order valence-electron chi connectivity index (χ3n) is 5.17. The number of amides is 2. The van der Waals surface area contributed by atoms with Crippen molar-refractivity contribution < 1.29 is 31.9 Å². The molecule has 1 N–H and O–H groups in total. The van der Waals surface area contributed by atoms with Crippen molar-refractivity contribution in [2.24, 2.45) is 0 Å². The number of fused-ring (bicyclic) bond motifs is 1. The lowest BCUT2D eigenvalue weighted by Gasteiger charge is -2.25. The Morgan fingerprint density at radius 3 is 2.82 bits per heavy atom. The van der Waals surface area contributed by atoms with Gasteiger partial charge in [0.2, 0.25) is 0 Å². The largest absolute Gasteiger partial charge is 0.451 e. The highest BCUT2D eigenvalue weighted by molar-refractivity contribution is 6.31. The van der Waals surface area contributed by atoms with Crippen molar-refractivity contribution in [3.05, 3.63) is 70.3 Å². The lowest BCUT2D eigenvalue weighted by Crippen LogP contribution is -2.27. The summed E-state index contributed by atoms with van der Waals surface area (Å²) in [5.41, 5.74) is 1.71. The van der Waals surface area contributed by atoms with Gasteiger partial charge in [-0.3, -0.25) is 14.6 Å². The first-order valence-electron chi connectivity index (χ1n) is 9.91. The van der Waals surface area contributed by atoms with Gasteiger partial charge in [0.25, 0.3) is 11.8 Å². The Bertz CT molecular complexity index is 1220. The SMILES string of the molecule is CC(c1cnc(COCC(F)(F)F)c(Cl)c1)N1Cc2c(ccnc2NC(=O)c2cocn2)C1=O. The van der Waals surface area contributed by atoms with Crippen molar-refractivity contribution in [2.45, 2.75) is 32.3 Å². The van der Waals surface area contributed by atoms with E-state index in [0.29, 0.717) is 16.7 Å². The quantitative estimate of drug-likeness (QED) is 0.524. The van der Waals surface area contributed by atoms with Crippen LogP contribution >= 0.6 is 11.6 Å². The second-order valence-corrected chi connectivity index (χ2v) is 7.83. The van der Waals surface area contributed by atoms with E-state index in [1.165, 1.54) is 24.7 Å². The van der Waals surface area contributed by atoms with Crippen LogP contribution in [0.5, 0.6) is 0 Å². The molecular weight excluding hydrogens is 479 g/mol. The van der Waals surface area contributed by atoms with Crippen molar-refractivity contribution in [3.63, 3.8) is 0 Å². The number of hydrogen-bond acceptors (Lipinski definition) is 7. The Morgan fingerprint density at radius 2 is 2.15 bits per heavy atom. The van der Waals surface area contributed by atoms with Gasteiger partial charge in [-0.25, -0.2) is 9.97 Å². The first-order chi connectivity index (χ1) is 16.1. The molecule has 0 saturated heterocycles. The van der Waals surface area contributed by atoms with Crippen molar-refractivity contribution >= 4 is 29.2 Å². The zero-order valence-corrected chi connectivity index (χ0v) is 18.4. The van der Waals surface area contributed by atoms with Gasteiger partial charge in [0.15, 0.2) is 12.1 Å². The van der Waals surface area contributed by atoms with E-state index in [9.17, 15) is 22.8 Å². The minimum atomic E-state index is -4.45. The average molecular weight is 496 g/mol. The second kappa shape index (κ2) is 9.39. The van der Waals surface area contributed by atoms with Gasteiger partial charge in [-0.05, 0) is 24.6 Å². The number of nitrogens with one attached hydrogen (secondary N) is 1. The van der Waals surface area contributed by atoms with Crippen LogP contribution in [-0.4, -0.2) is 44.4 Å². The summed E-state index contributed by atoms with van der Waals surface area (Å²) in [5, 5.41) is 2.76. The first-order valence-corrected chi connectivity index (χ1v) is 10.3. The summed E-state index contributed by atoms with van der Waals surface area (Å²) in [5.74, 6) is -0.592. The summed E-state index contributed by atoms with van der Waals surface area (Å²) < 4.78 is 46.2. The number of ether oxygens (including phenoxy) is 1. The molecule has 9 nitrogen and oxygen atoms in total. The number of alkyl halides is 3. The summed E-state index contributed by atoms with van der Waals surface area (Å²) in [4.78, 5) is 39.0. The van der Waals surface area contributed by atoms with E-state index in [2.05, 4.69) is 25.0 Å². The molecule has 0 bridgehead atoms. The number of pyridine rings is 2. The van der Waals surface area contributed by atoms with Crippen molar-refractivity contribution in [3.8, 4) is 0 Å². The lowest BCUT2D eigenvalue weighted by atomic mass is 10.1. The van der Waals surface area contributed by atoms with Gasteiger partial charge >= 0.3 is 6.18 Å². The standard InChI is InChI=1S/C21H17ClF3N5O4/c1-11(12-4-15(22)16(27-5-12)7-33-9-21(23,24)25)30-6-14-13(20(30)32)2-3-26-18(14)29-19(31)17-8-34-10-28-17/h2-5,8,10-11H,6-7,9H2,1H3,(H,26,29,31). The molecule has 3 aromatic heterocycles. The van der Waals surface area contributed by atoms with E-state index in [1.807, 2.05) is 0 Å². The van der Waals surface area contributed by atoms with Gasteiger partial charge in [0, 0.05) is 23.5 Å². The van der Waals surface area contributed by atoms with Crippen LogP contribution in [0, 0.1) is 0 Å². The minimum Gasteiger partial charge on any atom is -0.451 e. The number of aromatic nitrogens is 3. The highest BCUT2D eigenvalue weighted by Crippen LogP contribution is 2.35. The molecule has 4 rings (SSSR count). The molecule has 0 spiro atoms. The fraction of sp³-hybridized carbons (Fsp3) is 0.286. The summed E-state index contributed by atoms with van der Waals surface area (Å²) >= 11 is 6.19. The summed E-state index contributed by atoms with van der Waals surface area (Å²) in [6.45, 7) is 0.109. The molecule has 0 saturated carbocycles. The number of carbonyl (C=O) groups excluding carboxylic acids is 2. The minimum absolute atomic E-state index is 0.0639. The fourth-order valence-corrected chi connectivity index (χ4v) is 3.65. The third kappa shape index (κ3) is 5.02. The van der Waals surface area contributed by atoms with Crippen LogP contribution in [0.1, 0.15) is 50.6 Å². The van der Waals surface area contributed by atoms with E-state index in [-0.39, 0.29) is 34.7 Å². The third-order valence-corrected chi connectivity index (χ3v) is 5.49. The molecule has 3 aromatic rings. The van der Waals surface area contributed by atoms with Crippen LogP contribution in [-0.2, 0) is 17.9 Å². The molecule has 1 atom stereocenters. The fourth-order valence-electron chi connectivity index (χ4n) is 3.43. The van der Waals surface area contributed by atoms with Gasteiger partial charge < -0.3 is 19.4 Å². The number of rotatable bonds is 7. The lowest BCUT2D eigenvalue weighted by molar-refractivity contribution is -0.176. The molecule has 178 valence electrons. The van der Waals surface area contributed by atoms with E-state index < -0.39 is 31.3 Å². The zero-order valence-electron chi connectivity index (χ0n) is 17.6. The molecule has 1 aliphatic heterocycles. The average Bonchev–Trinajstić information content (AvgIpc) is 3.43. The monoisotopic (exact) mass is 495 g/mol. The van der Waals surface area contributed by atoms with Gasteiger partial charge in [0.1, 0.15) is 18.7 Å². The molecule has 1 unspecified atom stereocenters. The second-order valence-electron chi connectivity index (χ2n) is 7.43. The van der Waals surface area contributed by atoms with Crippen LogP contribution in [0.4, 0.5) is 19.0 Å². The predicted molar refractivity (Wildman–Crippen MR) is 112 cm³/mol. The van der Waals surface area contributed by atoms with Crippen molar-refractivity contribution in [1.29, 1.82) is 0 Å². The van der Waals surface area contributed by atoms with E-state index in [0.717, 1.165) is 6.39 Å². The van der Waals surface area contributed by atoms with E-state index in [1.54, 1.807) is 17.9 Å². The van der Waals surface area contributed by atoms with Gasteiger partial charge in [-0.2, -0.15) is 13.2 Å². The molecule has 0 fully saturated rings. The summed E-state index contributed by atoms with van der Waals surface area (Å²) in [6.07, 6.45) is 0.709. The Labute approximate surface area is 195 Å². The Hall–Kier alpha value is -3.51. The molecule has 34 heavy (non-hydrogen) atoms. The molecule has 13 heteroatoms. The molecule has 0 radical (unpaired) electrons. The summed E-state index contributed by atoms with van der Waals surface area (Å²) in [6, 6.07) is 2.62. The Kier molecular flexibility index (Phi) is 6.53. The summed E-state index contributed by atoms with van der Waals surface area (Å²) in [7, 11) is 0. The number of halogens is 4. The van der Waals surface area contributed by atoms with E-state index >= 15 is 0 Å². The molecule has 2 amide bonds. The van der Waals surface area contributed by atoms with Crippen LogP contribution < -0.4 is 5.32 Å². The molecule has 1 aliphatic rings. The molecular formula is C21H17ClF3N5O4. The molecule has 0 aromatic carbocycles. The van der Waals surface area contributed by atoms with Crippen molar-refractivity contribution in [2.75, 3.05) is 11.9 Å². The van der Waals surface area contributed by atoms with Gasteiger partial charge in [0.05, 0.1) is 29.9 Å². The Morgan fingerprint density at radius 1 is 1.35 bits per heavy atom. The number of carbonyl (C=O) groups is 2. The predicted octanol–water partition coefficient (Wildman–Crippen LogP) is 4.17.